The number of hydrogen-bond acceptors (Lipinski definition) is 5. The third-order valence-corrected chi connectivity index (χ3v) is 1.64. The van der Waals surface area contributed by atoms with Crippen molar-refractivity contribution < 1.29 is 10.4 Å². The van der Waals surface area contributed by atoms with Gasteiger partial charge in [0.15, 0.2) is 0 Å². The normalized spacial score (nSPS) is 12.9. The zero-order valence-electron chi connectivity index (χ0n) is 7.55. The minimum absolute atomic E-state index is 0.104. The molecule has 0 atom stereocenters. The Bertz CT molecular complexity index is 413. The molecule has 0 spiro atoms. The lowest BCUT2D eigenvalue weighted by atomic mass is 10.3. The number of aromatic nitrogens is 1. The Morgan fingerprint density at radius 3 is 2.29 bits per heavy atom. The largest absolute Gasteiger partial charge is 0.411 e. The molecule has 0 bridgehead atoms. The van der Waals surface area contributed by atoms with Gasteiger partial charge < -0.3 is 20.4 Å². The van der Waals surface area contributed by atoms with Crippen LogP contribution in [0.25, 0.3) is 0 Å². The van der Waals surface area contributed by atoms with Gasteiger partial charge in [-0.2, -0.15) is 0 Å². The number of nitrogens with one attached hydrogen (secondary N) is 1. The van der Waals surface area contributed by atoms with Crippen molar-refractivity contribution in [3.8, 4) is 0 Å². The van der Waals surface area contributed by atoms with Crippen molar-refractivity contribution in [3.63, 3.8) is 0 Å². The van der Waals surface area contributed by atoms with Crippen molar-refractivity contribution in [1.29, 1.82) is 5.41 Å². The van der Waals surface area contributed by atoms with Crippen LogP contribution in [0, 0.1) is 5.41 Å². The molecule has 1 heterocycles. The predicted molar refractivity (Wildman–Crippen MR) is 49.8 cm³/mol. The molecule has 0 saturated heterocycles. The molecule has 6 nitrogen and oxygen atoms in total. The zero-order chi connectivity index (χ0) is 10.6. The lowest BCUT2D eigenvalue weighted by Crippen LogP contribution is -2.21. The highest BCUT2D eigenvalue weighted by atomic mass is 16.4. The van der Waals surface area contributed by atoms with Gasteiger partial charge in [0.1, 0.15) is 5.71 Å². The fraction of sp³-hybridized carbons (Fsp3) is 0.125. The molecule has 0 aliphatic carbocycles. The van der Waals surface area contributed by atoms with E-state index in [1.807, 2.05) is 0 Å². The number of pyridine rings is 1. The van der Waals surface area contributed by atoms with Crippen LogP contribution in [0.15, 0.2) is 34.8 Å². The fourth-order valence-electron chi connectivity index (χ4n) is 0.923. The summed E-state index contributed by atoms with van der Waals surface area (Å²) in [6.07, 6.45) is 3.07. The molecule has 1 aromatic heterocycles. The third kappa shape index (κ3) is 1.98. The van der Waals surface area contributed by atoms with Gasteiger partial charge in [0.25, 0.3) is 0 Å². The van der Waals surface area contributed by atoms with E-state index in [0.29, 0.717) is 5.36 Å². The Balaban J connectivity index is 3.15. The Labute approximate surface area is 79.9 Å². The molecule has 0 radical (unpaired) electrons. The summed E-state index contributed by atoms with van der Waals surface area (Å²) in [6, 6.07) is 3.05. The quantitative estimate of drug-likeness (QED) is 0.262. The smallest absolute Gasteiger partial charge is 0.200 e. The van der Waals surface area contributed by atoms with E-state index in [2.05, 4.69) is 10.3 Å². The topological polar surface area (TPSA) is 94.0 Å². The summed E-state index contributed by atoms with van der Waals surface area (Å²) < 4.78 is 1.44. The van der Waals surface area contributed by atoms with Crippen LogP contribution < -0.4 is 5.36 Å². The van der Waals surface area contributed by atoms with Gasteiger partial charge in [0.05, 0.1) is 5.36 Å². The minimum atomic E-state index is 0.104. The number of rotatable bonds is 1. The summed E-state index contributed by atoms with van der Waals surface area (Å²) in [4.78, 5) is 0. The van der Waals surface area contributed by atoms with Crippen LogP contribution in [0.2, 0.25) is 0 Å². The van der Waals surface area contributed by atoms with Crippen molar-refractivity contribution in [3.05, 3.63) is 29.9 Å². The Hall–Kier alpha value is -2.11. The van der Waals surface area contributed by atoms with Gasteiger partial charge in [0, 0.05) is 12.4 Å². The molecule has 3 N–H and O–H groups in total. The van der Waals surface area contributed by atoms with E-state index >= 15 is 0 Å². The minimum Gasteiger partial charge on any atom is -0.411 e. The summed E-state index contributed by atoms with van der Waals surface area (Å²) in [7, 11) is 0. The van der Waals surface area contributed by atoms with Gasteiger partial charge in [-0.15, -0.1) is 0 Å². The van der Waals surface area contributed by atoms with Crippen molar-refractivity contribution >= 4 is 11.5 Å². The average Bonchev–Trinajstić information content (AvgIpc) is 2.21. The van der Waals surface area contributed by atoms with Crippen molar-refractivity contribution in [2.45, 2.75) is 6.92 Å². The second kappa shape index (κ2) is 4.22. The first-order chi connectivity index (χ1) is 6.69. The number of nitrogens with zero attached hydrogens (tertiary/aromatic N) is 3. The van der Waals surface area contributed by atoms with Crippen molar-refractivity contribution in [2.24, 2.45) is 10.3 Å². The van der Waals surface area contributed by atoms with Crippen LogP contribution in [0.1, 0.15) is 6.92 Å². The molecule has 0 aromatic carbocycles. The first kappa shape index (κ1) is 9.97. The van der Waals surface area contributed by atoms with E-state index in [9.17, 15) is 0 Å². The summed E-state index contributed by atoms with van der Waals surface area (Å²) in [6.45, 7) is 1.50. The van der Waals surface area contributed by atoms with Crippen LogP contribution in [-0.4, -0.2) is 26.5 Å². The standard InChI is InChI=1S/C8H10N4O2/c1-6(10-13)8(11-14)12-4-2-7(9)3-5-12/h2-5,9,13-14H,1H3/b10-6+,11-8-. The van der Waals surface area contributed by atoms with E-state index < -0.39 is 0 Å². The molecule has 0 aliphatic rings. The molecule has 0 aliphatic heterocycles. The predicted octanol–water partition coefficient (Wildman–Crippen LogP) is 0.453. The summed E-state index contributed by atoms with van der Waals surface area (Å²) in [5.74, 6) is 0.104. The first-order valence-electron chi connectivity index (χ1n) is 3.83. The summed E-state index contributed by atoms with van der Waals surface area (Å²) in [5.41, 5.74) is 0.176. The molecule has 0 amide bonds. The zero-order valence-corrected chi connectivity index (χ0v) is 7.55. The van der Waals surface area contributed by atoms with Gasteiger partial charge in [-0.3, -0.25) is 0 Å². The van der Waals surface area contributed by atoms with Crippen LogP contribution >= 0.6 is 0 Å². The van der Waals surface area contributed by atoms with Crippen LogP contribution in [0.4, 0.5) is 0 Å². The highest BCUT2D eigenvalue weighted by Crippen LogP contribution is 1.90. The monoisotopic (exact) mass is 194 g/mol. The van der Waals surface area contributed by atoms with Gasteiger partial charge in [-0.05, 0) is 19.1 Å². The van der Waals surface area contributed by atoms with E-state index in [-0.39, 0.29) is 11.5 Å². The molecule has 0 unspecified atom stereocenters. The van der Waals surface area contributed by atoms with Crippen LogP contribution in [0.5, 0.6) is 0 Å². The van der Waals surface area contributed by atoms with Gasteiger partial charge in [0.2, 0.25) is 5.84 Å². The summed E-state index contributed by atoms with van der Waals surface area (Å²) in [5, 5.41) is 30.7. The van der Waals surface area contributed by atoms with E-state index in [1.165, 1.54) is 36.0 Å². The SMILES string of the molecule is CC(=N\O)/C(=N/O)n1ccc(=N)cc1. The highest BCUT2D eigenvalue weighted by molar-refractivity contribution is 6.40. The number of hydrogen-bond donors (Lipinski definition) is 3. The van der Waals surface area contributed by atoms with Gasteiger partial charge >= 0.3 is 0 Å². The molecule has 14 heavy (non-hydrogen) atoms. The maximum absolute atomic E-state index is 8.68. The molecule has 74 valence electrons. The van der Waals surface area contributed by atoms with Gasteiger partial charge in [-0.25, -0.2) is 0 Å². The Morgan fingerprint density at radius 2 is 1.86 bits per heavy atom. The molecule has 1 rings (SSSR count). The fourth-order valence-corrected chi connectivity index (χ4v) is 0.923. The first-order valence-corrected chi connectivity index (χ1v) is 3.83. The van der Waals surface area contributed by atoms with Crippen LogP contribution in [-0.2, 0) is 0 Å². The maximum Gasteiger partial charge on any atom is 0.200 e. The molecular weight excluding hydrogens is 184 g/mol. The van der Waals surface area contributed by atoms with Crippen molar-refractivity contribution in [2.75, 3.05) is 0 Å². The highest BCUT2D eigenvalue weighted by Gasteiger charge is 2.05. The van der Waals surface area contributed by atoms with E-state index in [1.54, 1.807) is 0 Å². The summed E-state index contributed by atoms with van der Waals surface area (Å²) >= 11 is 0. The van der Waals surface area contributed by atoms with E-state index in [4.69, 9.17) is 15.8 Å². The second-order valence-electron chi connectivity index (χ2n) is 2.60. The van der Waals surface area contributed by atoms with Crippen molar-refractivity contribution in [1.82, 2.24) is 4.57 Å². The molecule has 0 fully saturated rings. The van der Waals surface area contributed by atoms with Gasteiger partial charge in [-0.1, -0.05) is 10.3 Å². The Kier molecular flexibility index (Phi) is 3.01. The third-order valence-electron chi connectivity index (χ3n) is 1.64. The average molecular weight is 194 g/mol. The maximum atomic E-state index is 8.68. The van der Waals surface area contributed by atoms with Crippen LogP contribution in [0.3, 0.4) is 0 Å². The molecule has 0 saturated carbocycles. The molecule has 1 aromatic rings. The molecular formula is C8H10N4O2. The number of oxime groups is 2. The van der Waals surface area contributed by atoms with E-state index in [0.717, 1.165) is 0 Å². The Morgan fingerprint density at radius 1 is 1.29 bits per heavy atom. The second-order valence-corrected chi connectivity index (χ2v) is 2.60. The lowest BCUT2D eigenvalue weighted by Gasteiger charge is -2.05. The molecule has 6 heteroatoms. The lowest BCUT2D eigenvalue weighted by molar-refractivity contribution is 0.312.